The standard InChI is InChI=1S/C24H22F3N3O2/c1-3-4-5-15-12-16(8-10-19(15)25)24(21(31)30(2)23(28)29-24)17-9-11-20(32-22(26)27)18(13-17)14-6-7-14/h8-14,22H,3,6-7H2,1-2H3,(H2,28,29)/t24-/m0/s1. The predicted molar refractivity (Wildman–Crippen MR) is 114 cm³/mol. The second kappa shape index (κ2) is 8.23. The third-order valence-electron chi connectivity index (χ3n) is 5.68. The average Bonchev–Trinajstić information content (AvgIpc) is 3.58. The van der Waals surface area contributed by atoms with E-state index in [1.54, 1.807) is 6.07 Å². The lowest BCUT2D eigenvalue weighted by Gasteiger charge is -2.27. The van der Waals surface area contributed by atoms with E-state index >= 15 is 0 Å². The first-order valence-corrected chi connectivity index (χ1v) is 10.3. The fourth-order valence-corrected chi connectivity index (χ4v) is 3.90. The Balaban J connectivity index is 1.92. The molecule has 166 valence electrons. The number of ether oxygens (including phenoxy) is 1. The van der Waals surface area contributed by atoms with Gasteiger partial charge in [0, 0.05) is 13.5 Å². The summed E-state index contributed by atoms with van der Waals surface area (Å²) >= 11 is 0. The molecular formula is C24H22F3N3O2. The normalized spacial score (nSPS) is 20.2. The van der Waals surface area contributed by atoms with Gasteiger partial charge in [0.1, 0.15) is 11.6 Å². The number of hydrogen-bond acceptors (Lipinski definition) is 4. The lowest BCUT2D eigenvalue weighted by Crippen LogP contribution is -2.41. The molecule has 0 spiro atoms. The van der Waals surface area contributed by atoms with Gasteiger partial charge in [0.15, 0.2) is 11.5 Å². The van der Waals surface area contributed by atoms with Crippen molar-refractivity contribution in [1.29, 1.82) is 0 Å². The molecule has 0 saturated heterocycles. The Morgan fingerprint density at radius 2 is 1.94 bits per heavy atom. The number of carbonyl (C=O) groups excluding carboxylic acids is 1. The first-order chi connectivity index (χ1) is 15.3. The lowest BCUT2D eigenvalue weighted by molar-refractivity contribution is -0.129. The van der Waals surface area contributed by atoms with E-state index in [1.165, 1.54) is 42.3 Å². The number of alkyl halides is 2. The molecule has 1 amide bonds. The van der Waals surface area contributed by atoms with Gasteiger partial charge >= 0.3 is 6.61 Å². The summed E-state index contributed by atoms with van der Waals surface area (Å²) in [6.45, 7) is -1.11. The van der Waals surface area contributed by atoms with E-state index in [-0.39, 0.29) is 23.2 Å². The number of nitrogens with zero attached hydrogens (tertiary/aromatic N) is 2. The van der Waals surface area contributed by atoms with Crippen LogP contribution < -0.4 is 10.5 Å². The predicted octanol–water partition coefficient (Wildman–Crippen LogP) is 4.10. The van der Waals surface area contributed by atoms with Crippen LogP contribution in [0.3, 0.4) is 0 Å². The zero-order valence-corrected chi connectivity index (χ0v) is 17.7. The molecule has 1 heterocycles. The highest BCUT2D eigenvalue weighted by Gasteiger charge is 2.50. The van der Waals surface area contributed by atoms with Crippen LogP contribution >= 0.6 is 0 Å². The summed E-state index contributed by atoms with van der Waals surface area (Å²) < 4.78 is 44.9. The Kier molecular flexibility index (Phi) is 5.59. The number of likely N-dealkylation sites (N-methyl/N-ethyl adjacent to an activating group) is 1. The number of carbonyl (C=O) groups is 1. The summed E-state index contributed by atoms with van der Waals surface area (Å²) in [5, 5.41) is 0. The van der Waals surface area contributed by atoms with E-state index in [9.17, 15) is 18.0 Å². The maximum atomic E-state index is 14.4. The van der Waals surface area contributed by atoms with Gasteiger partial charge in [0.05, 0.1) is 5.56 Å². The van der Waals surface area contributed by atoms with Gasteiger partial charge in [-0.05, 0) is 59.7 Å². The first-order valence-electron chi connectivity index (χ1n) is 10.3. The Hall–Kier alpha value is -3.47. The van der Waals surface area contributed by atoms with E-state index in [4.69, 9.17) is 10.5 Å². The number of amides is 1. The van der Waals surface area contributed by atoms with Crippen molar-refractivity contribution in [3.05, 3.63) is 64.5 Å². The number of hydrogen-bond donors (Lipinski definition) is 1. The van der Waals surface area contributed by atoms with Crippen molar-refractivity contribution in [2.45, 2.75) is 44.3 Å². The highest BCUT2D eigenvalue weighted by atomic mass is 19.3. The molecule has 0 unspecified atom stereocenters. The molecule has 2 aromatic rings. The second-order valence-electron chi connectivity index (χ2n) is 7.80. The van der Waals surface area contributed by atoms with Crippen molar-refractivity contribution in [3.8, 4) is 17.6 Å². The molecule has 0 radical (unpaired) electrons. The third kappa shape index (κ3) is 3.68. The maximum Gasteiger partial charge on any atom is 0.387 e. The van der Waals surface area contributed by atoms with Crippen molar-refractivity contribution < 1.29 is 22.7 Å². The van der Waals surface area contributed by atoms with Crippen LogP contribution in [0.5, 0.6) is 5.75 Å². The molecule has 1 saturated carbocycles. The number of rotatable bonds is 5. The summed E-state index contributed by atoms with van der Waals surface area (Å²) in [5.41, 5.74) is 5.98. The quantitative estimate of drug-likeness (QED) is 0.711. The van der Waals surface area contributed by atoms with Gasteiger partial charge in [-0.15, -0.1) is 0 Å². The minimum Gasteiger partial charge on any atom is -0.435 e. The summed E-state index contributed by atoms with van der Waals surface area (Å²) in [5.74, 6) is 4.80. The topological polar surface area (TPSA) is 67.9 Å². The summed E-state index contributed by atoms with van der Waals surface area (Å²) in [6, 6.07) is 8.83. The minimum absolute atomic E-state index is 0.00129. The van der Waals surface area contributed by atoms with E-state index in [2.05, 4.69) is 16.8 Å². The molecule has 2 N–H and O–H groups in total. The SMILES string of the molecule is CCC#Cc1cc([C@@]2(c3ccc(OC(F)F)c(C4CC4)c3)N=C(N)N(C)C2=O)ccc1F. The molecular weight excluding hydrogens is 419 g/mol. The molecule has 0 aromatic heterocycles. The minimum atomic E-state index is -2.96. The fraction of sp³-hybridized carbons (Fsp3) is 0.333. The molecule has 2 aromatic carbocycles. The van der Waals surface area contributed by atoms with E-state index < -0.39 is 23.9 Å². The summed E-state index contributed by atoms with van der Waals surface area (Å²) in [6.07, 6.45) is 2.21. The first kappa shape index (κ1) is 21.8. The van der Waals surface area contributed by atoms with Gasteiger partial charge in [0.2, 0.25) is 0 Å². The van der Waals surface area contributed by atoms with Crippen molar-refractivity contribution in [1.82, 2.24) is 4.90 Å². The monoisotopic (exact) mass is 441 g/mol. The van der Waals surface area contributed by atoms with Crippen LogP contribution in [-0.2, 0) is 10.3 Å². The van der Waals surface area contributed by atoms with Gasteiger partial charge < -0.3 is 10.5 Å². The molecule has 1 atom stereocenters. The average molecular weight is 441 g/mol. The van der Waals surface area contributed by atoms with Crippen LogP contribution in [0.15, 0.2) is 41.4 Å². The fourth-order valence-electron chi connectivity index (χ4n) is 3.90. The van der Waals surface area contributed by atoms with Crippen LogP contribution in [-0.4, -0.2) is 30.4 Å². The lowest BCUT2D eigenvalue weighted by atomic mass is 9.81. The van der Waals surface area contributed by atoms with Gasteiger partial charge in [-0.1, -0.05) is 30.9 Å². The van der Waals surface area contributed by atoms with Crippen LogP contribution in [0.2, 0.25) is 0 Å². The molecule has 1 aliphatic heterocycles. The highest BCUT2D eigenvalue weighted by molar-refractivity contribution is 6.09. The van der Waals surface area contributed by atoms with Crippen molar-refractivity contribution >= 4 is 11.9 Å². The van der Waals surface area contributed by atoms with Gasteiger partial charge in [-0.2, -0.15) is 8.78 Å². The third-order valence-corrected chi connectivity index (χ3v) is 5.68. The zero-order chi connectivity index (χ0) is 23.0. The van der Waals surface area contributed by atoms with E-state index in [1.807, 2.05) is 6.92 Å². The Morgan fingerprint density at radius 1 is 1.25 bits per heavy atom. The molecule has 4 rings (SSSR count). The molecule has 32 heavy (non-hydrogen) atoms. The number of nitrogens with two attached hydrogens (primary N) is 1. The van der Waals surface area contributed by atoms with Gasteiger partial charge in [-0.25, -0.2) is 9.38 Å². The largest absolute Gasteiger partial charge is 0.435 e. The van der Waals surface area contributed by atoms with E-state index in [0.29, 0.717) is 23.1 Å². The zero-order valence-electron chi connectivity index (χ0n) is 17.7. The highest BCUT2D eigenvalue weighted by Crippen LogP contribution is 2.48. The maximum absolute atomic E-state index is 14.4. The number of benzene rings is 2. The van der Waals surface area contributed by atoms with Crippen LogP contribution in [0.25, 0.3) is 0 Å². The Morgan fingerprint density at radius 3 is 2.53 bits per heavy atom. The molecule has 8 heteroatoms. The van der Waals surface area contributed by atoms with Crippen LogP contribution in [0.4, 0.5) is 13.2 Å². The second-order valence-corrected chi connectivity index (χ2v) is 7.80. The summed E-state index contributed by atoms with van der Waals surface area (Å²) in [7, 11) is 1.50. The van der Waals surface area contributed by atoms with Gasteiger partial charge in [0.25, 0.3) is 5.91 Å². The van der Waals surface area contributed by atoms with Crippen LogP contribution in [0, 0.1) is 17.7 Å². The number of halogens is 3. The summed E-state index contributed by atoms with van der Waals surface area (Å²) in [4.78, 5) is 19.2. The number of guanidine groups is 1. The van der Waals surface area contributed by atoms with Crippen molar-refractivity contribution in [3.63, 3.8) is 0 Å². The van der Waals surface area contributed by atoms with Gasteiger partial charge in [-0.3, -0.25) is 9.69 Å². The van der Waals surface area contributed by atoms with Crippen molar-refractivity contribution in [2.75, 3.05) is 7.05 Å². The molecule has 5 nitrogen and oxygen atoms in total. The Labute approximate surface area is 184 Å². The molecule has 1 fully saturated rings. The number of aliphatic imine (C=N–C) groups is 1. The van der Waals surface area contributed by atoms with Crippen LogP contribution in [0.1, 0.15) is 54.4 Å². The molecule has 2 aliphatic rings. The van der Waals surface area contributed by atoms with Crippen molar-refractivity contribution in [2.24, 2.45) is 10.7 Å². The molecule has 1 aliphatic carbocycles. The Bertz CT molecular complexity index is 1160. The molecule has 0 bridgehead atoms. The van der Waals surface area contributed by atoms with E-state index in [0.717, 1.165) is 12.8 Å². The smallest absolute Gasteiger partial charge is 0.387 e.